The molecule has 0 aromatic rings. The molecule has 0 saturated heterocycles. The highest BCUT2D eigenvalue weighted by Crippen LogP contribution is 2.36. The number of hydrogen-bond donors (Lipinski definition) is 3. The molecule has 0 aliphatic heterocycles. The van der Waals surface area contributed by atoms with Crippen molar-refractivity contribution in [1.29, 1.82) is 0 Å². The van der Waals surface area contributed by atoms with Gasteiger partial charge in [0, 0.05) is 19.1 Å². The monoisotopic (exact) mass is 300 g/mol. The van der Waals surface area contributed by atoms with Gasteiger partial charge in [-0.05, 0) is 33.4 Å². The Morgan fingerprint density at radius 1 is 1.29 bits per heavy atom. The molecule has 0 unspecified atom stereocenters. The van der Waals surface area contributed by atoms with E-state index in [0.717, 1.165) is 19.3 Å². The lowest BCUT2D eigenvalue weighted by molar-refractivity contribution is -0.141. The number of carboxylic acid groups (broad SMARTS) is 1. The minimum absolute atomic E-state index is 0.0471. The van der Waals surface area contributed by atoms with E-state index in [2.05, 4.69) is 10.2 Å². The van der Waals surface area contributed by atoms with E-state index < -0.39 is 30.4 Å². The van der Waals surface area contributed by atoms with Crippen molar-refractivity contribution in [3.05, 3.63) is 0 Å². The maximum absolute atomic E-state index is 12.1. The zero-order chi connectivity index (χ0) is 16.2. The number of urea groups is 1. The molecule has 1 saturated carbocycles. The van der Waals surface area contributed by atoms with Crippen LogP contribution in [0.25, 0.3) is 0 Å². The lowest BCUT2D eigenvalue weighted by Gasteiger charge is -2.49. The normalized spacial score (nSPS) is 17.7. The van der Waals surface area contributed by atoms with Gasteiger partial charge in [-0.1, -0.05) is 0 Å². The lowest BCUT2D eigenvalue weighted by Crippen LogP contribution is -2.59. The first-order chi connectivity index (χ1) is 9.68. The van der Waals surface area contributed by atoms with Crippen LogP contribution in [0.1, 0.15) is 25.7 Å². The van der Waals surface area contributed by atoms with Gasteiger partial charge >= 0.3 is 12.0 Å². The number of carboxylic acids is 1. The molecule has 1 aliphatic rings. The van der Waals surface area contributed by atoms with Crippen molar-refractivity contribution in [2.75, 3.05) is 27.7 Å². The molecule has 1 rings (SSSR count). The van der Waals surface area contributed by atoms with Gasteiger partial charge in [0.05, 0.1) is 6.42 Å². The summed E-state index contributed by atoms with van der Waals surface area (Å²) < 4.78 is 0. The molecule has 1 atom stereocenters. The van der Waals surface area contributed by atoms with Gasteiger partial charge in [0.15, 0.2) is 0 Å². The Hall–Kier alpha value is -1.83. The van der Waals surface area contributed by atoms with Crippen molar-refractivity contribution in [2.24, 2.45) is 5.73 Å². The third-order valence-corrected chi connectivity index (χ3v) is 4.11. The van der Waals surface area contributed by atoms with Crippen LogP contribution in [0, 0.1) is 0 Å². The van der Waals surface area contributed by atoms with Crippen molar-refractivity contribution in [1.82, 2.24) is 15.1 Å². The molecule has 1 aliphatic carbocycles. The highest BCUT2D eigenvalue weighted by Gasteiger charge is 2.41. The molecule has 4 N–H and O–H groups in total. The van der Waals surface area contributed by atoms with Crippen LogP contribution in [0.15, 0.2) is 0 Å². The van der Waals surface area contributed by atoms with Crippen LogP contribution in [-0.4, -0.2) is 72.1 Å². The predicted molar refractivity (Wildman–Crippen MR) is 76.7 cm³/mol. The molecule has 120 valence electrons. The Morgan fingerprint density at radius 3 is 2.19 bits per heavy atom. The number of nitrogens with two attached hydrogens (primary N) is 1. The molecule has 0 radical (unpaired) electrons. The second kappa shape index (κ2) is 6.75. The summed E-state index contributed by atoms with van der Waals surface area (Å²) in [6.45, 7) is 0.509. The summed E-state index contributed by atoms with van der Waals surface area (Å²) in [5, 5.41) is 11.3. The van der Waals surface area contributed by atoms with E-state index in [9.17, 15) is 14.4 Å². The van der Waals surface area contributed by atoms with Gasteiger partial charge in [0.1, 0.15) is 6.04 Å². The predicted octanol–water partition coefficient (Wildman–Crippen LogP) is -0.559. The molecule has 8 nitrogen and oxygen atoms in total. The Morgan fingerprint density at radius 2 is 1.86 bits per heavy atom. The van der Waals surface area contributed by atoms with E-state index in [1.54, 1.807) is 7.05 Å². The maximum atomic E-state index is 12.1. The number of nitrogens with zero attached hydrogens (tertiary/aromatic N) is 2. The number of carbonyl (C=O) groups excluding carboxylic acids is 2. The van der Waals surface area contributed by atoms with Gasteiger partial charge in [0.25, 0.3) is 0 Å². The number of nitrogens with one attached hydrogen (secondary N) is 1. The van der Waals surface area contributed by atoms with E-state index in [1.807, 2.05) is 14.1 Å². The first-order valence-electron chi connectivity index (χ1n) is 6.88. The summed E-state index contributed by atoms with van der Waals surface area (Å²) in [6.07, 6.45) is 2.70. The SMILES string of the molecule is CN(CC1(N(C)C)CCC1)C(=O)N[C@@H](CC(N)=O)C(=O)O. The maximum Gasteiger partial charge on any atom is 0.326 e. The molecule has 8 heteroatoms. The fraction of sp³-hybridized carbons (Fsp3) is 0.769. The van der Waals surface area contributed by atoms with E-state index in [4.69, 9.17) is 10.8 Å². The van der Waals surface area contributed by atoms with Crippen LogP contribution in [0.5, 0.6) is 0 Å². The van der Waals surface area contributed by atoms with Gasteiger partial charge in [-0.3, -0.25) is 4.79 Å². The summed E-state index contributed by atoms with van der Waals surface area (Å²) in [5.41, 5.74) is 4.93. The number of primary amides is 1. The van der Waals surface area contributed by atoms with Crippen molar-refractivity contribution in [3.63, 3.8) is 0 Å². The molecule has 0 heterocycles. The number of rotatable bonds is 7. The van der Waals surface area contributed by atoms with Crippen molar-refractivity contribution < 1.29 is 19.5 Å². The Balaban J connectivity index is 2.61. The van der Waals surface area contributed by atoms with E-state index in [0.29, 0.717) is 6.54 Å². The zero-order valence-electron chi connectivity index (χ0n) is 12.8. The third kappa shape index (κ3) is 4.32. The van der Waals surface area contributed by atoms with Crippen molar-refractivity contribution >= 4 is 17.9 Å². The average molecular weight is 300 g/mol. The van der Waals surface area contributed by atoms with Gasteiger partial charge in [-0.25, -0.2) is 9.59 Å². The first kappa shape index (κ1) is 17.2. The van der Waals surface area contributed by atoms with Gasteiger partial charge in [-0.15, -0.1) is 0 Å². The standard InChI is InChI=1S/C13H24N4O4/c1-16(2)13(5-4-6-13)8-17(3)12(21)15-9(11(19)20)7-10(14)18/h9H,4-8H2,1-3H3,(H2,14,18)(H,15,21)(H,19,20)/t9-/m0/s1. The number of hydrogen-bond acceptors (Lipinski definition) is 4. The molecule has 0 bridgehead atoms. The van der Waals surface area contributed by atoms with Crippen LogP contribution >= 0.6 is 0 Å². The van der Waals surface area contributed by atoms with Crippen LogP contribution in [0.4, 0.5) is 4.79 Å². The summed E-state index contributed by atoms with van der Waals surface area (Å²) in [5.74, 6) is -2.05. The smallest absolute Gasteiger partial charge is 0.326 e. The minimum atomic E-state index is -1.30. The van der Waals surface area contributed by atoms with Crippen LogP contribution in [0.2, 0.25) is 0 Å². The van der Waals surface area contributed by atoms with E-state index in [-0.39, 0.29) is 5.54 Å². The number of likely N-dealkylation sites (N-methyl/N-ethyl adjacent to an activating group) is 2. The fourth-order valence-electron chi connectivity index (χ4n) is 2.51. The molecule has 3 amide bonds. The largest absolute Gasteiger partial charge is 0.480 e. The van der Waals surface area contributed by atoms with Crippen LogP contribution < -0.4 is 11.1 Å². The second-order valence-corrected chi connectivity index (χ2v) is 5.84. The first-order valence-corrected chi connectivity index (χ1v) is 6.88. The van der Waals surface area contributed by atoms with E-state index in [1.165, 1.54) is 4.90 Å². The minimum Gasteiger partial charge on any atom is -0.480 e. The number of aliphatic carboxylic acids is 1. The molecule has 0 spiro atoms. The molecule has 21 heavy (non-hydrogen) atoms. The van der Waals surface area contributed by atoms with Crippen LogP contribution in [-0.2, 0) is 9.59 Å². The summed E-state index contributed by atoms with van der Waals surface area (Å²) >= 11 is 0. The molecular formula is C13H24N4O4. The molecule has 0 aromatic carbocycles. The zero-order valence-corrected chi connectivity index (χ0v) is 12.8. The topological polar surface area (TPSA) is 116 Å². The van der Waals surface area contributed by atoms with Gasteiger partial charge in [0.2, 0.25) is 5.91 Å². The second-order valence-electron chi connectivity index (χ2n) is 5.84. The quantitative estimate of drug-likeness (QED) is 0.583. The molecule has 0 aromatic heterocycles. The average Bonchev–Trinajstić information content (AvgIpc) is 2.31. The highest BCUT2D eigenvalue weighted by molar-refractivity contribution is 5.87. The van der Waals surface area contributed by atoms with Gasteiger partial charge in [-0.2, -0.15) is 0 Å². The van der Waals surface area contributed by atoms with Crippen molar-refractivity contribution in [3.8, 4) is 0 Å². The molecular weight excluding hydrogens is 276 g/mol. The van der Waals surface area contributed by atoms with Gasteiger partial charge < -0.3 is 26.0 Å². The van der Waals surface area contributed by atoms with Crippen LogP contribution in [0.3, 0.4) is 0 Å². The fourth-order valence-corrected chi connectivity index (χ4v) is 2.51. The number of amides is 3. The molecule has 1 fully saturated rings. The summed E-state index contributed by atoms with van der Waals surface area (Å²) in [4.78, 5) is 37.4. The summed E-state index contributed by atoms with van der Waals surface area (Å²) in [6, 6.07) is -1.81. The Labute approximate surface area is 124 Å². The Kier molecular flexibility index (Phi) is 5.54. The Bertz CT molecular complexity index is 420. The highest BCUT2D eigenvalue weighted by atomic mass is 16.4. The third-order valence-electron chi connectivity index (χ3n) is 4.11. The van der Waals surface area contributed by atoms with Crippen molar-refractivity contribution in [2.45, 2.75) is 37.3 Å². The lowest BCUT2D eigenvalue weighted by atomic mass is 9.75. The summed E-state index contributed by atoms with van der Waals surface area (Å²) in [7, 11) is 5.55. The van der Waals surface area contributed by atoms with E-state index >= 15 is 0 Å². The number of carbonyl (C=O) groups is 3.